The van der Waals surface area contributed by atoms with Gasteiger partial charge in [0, 0.05) is 37.0 Å². The normalized spacial score (nSPS) is 21.5. The van der Waals surface area contributed by atoms with Crippen LogP contribution in [0, 0.1) is 0 Å². The van der Waals surface area contributed by atoms with Crippen molar-refractivity contribution < 1.29 is 14.0 Å². The number of rotatable bonds is 3. The van der Waals surface area contributed by atoms with Gasteiger partial charge in [0.25, 0.3) is 0 Å². The van der Waals surface area contributed by atoms with Crippen molar-refractivity contribution in [3.05, 3.63) is 28.5 Å². The highest BCUT2D eigenvalue weighted by atomic mass is 35.5. The van der Waals surface area contributed by atoms with E-state index in [1.54, 1.807) is 6.92 Å². The first-order valence-electron chi connectivity index (χ1n) is 11.3. The highest BCUT2D eigenvalue weighted by Gasteiger charge is 2.43. The molecule has 166 valence electrons. The molecule has 2 aliphatic heterocycles. The number of nitrogens with one attached hydrogen (secondary N) is 3. The summed E-state index contributed by atoms with van der Waals surface area (Å²) in [4.78, 5) is 26.1. The number of halogens is 1. The molecule has 1 aromatic carbocycles. The minimum absolute atomic E-state index is 0.0368. The van der Waals surface area contributed by atoms with Crippen LogP contribution in [-0.2, 0) is 16.9 Å². The quantitative estimate of drug-likeness (QED) is 0.651. The van der Waals surface area contributed by atoms with Gasteiger partial charge in [-0.25, -0.2) is 4.79 Å². The van der Waals surface area contributed by atoms with E-state index < -0.39 is 5.54 Å². The van der Waals surface area contributed by atoms with Gasteiger partial charge in [0.2, 0.25) is 5.91 Å². The Hall–Kier alpha value is -2.25. The average molecular weight is 445 g/mol. The summed E-state index contributed by atoms with van der Waals surface area (Å²) in [5.41, 5.74) is 2.11. The van der Waals surface area contributed by atoms with Gasteiger partial charge >= 0.3 is 6.03 Å². The van der Waals surface area contributed by atoms with Crippen LogP contribution in [0.25, 0.3) is 11.0 Å². The number of amides is 3. The average Bonchev–Trinajstić information content (AvgIpc) is 3.11. The van der Waals surface area contributed by atoms with Crippen LogP contribution in [0.1, 0.15) is 63.2 Å². The number of carbonyl (C=O) groups excluding carboxylic acids is 2. The van der Waals surface area contributed by atoms with Crippen molar-refractivity contribution >= 4 is 40.2 Å². The SMILES string of the molecule is CC(=O)NC1CCN(Cc2cc3cc(Cl)c4c(c3o2)C2(CCCCC2)NC(=O)N4)CC1. The molecule has 3 amide bonds. The van der Waals surface area contributed by atoms with Crippen molar-refractivity contribution in [1.82, 2.24) is 15.5 Å². The van der Waals surface area contributed by atoms with E-state index in [1.807, 2.05) is 6.07 Å². The molecule has 7 nitrogen and oxygen atoms in total. The van der Waals surface area contributed by atoms with Crippen molar-refractivity contribution in [1.29, 1.82) is 0 Å². The molecule has 3 heterocycles. The summed E-state index contributed by atoms with van der Waals surface area (Å²) in [6, 6.07) is 4.04. The minimum atomic E-state index is -0.412. The molecule has 0 radical (unpaired) electrons. The molecule has 1 aliphatic carbocycles. The molecule has 0 bridgehead atoms. The third kappa shape index (κ3) is 3.89. The van der Waals surface area contributed by atoms with E-state index in [0.29, 0.717) is 10.7 Å². The van der Waals surface area contributed by atoms with Crippen LogP contribution in [0.5, 0.6) is 0 Å². The zero-order chi connectivity index (χ0) is 21.6. The summed E-state index contributed by atoms with van der Waals surface area (Å²) in [7, 11) is 0. The lowest BCUT2D eigenvalue weighted by Gasteiger charge is -2.42. The van der Waals surface area contributed by atoms with Crippen LogP contribution in [0.15, 0.2) is 16.5 Å². The fourth-order valence-electron chi connectivity index (χ4n) is 5.56. The molecule has 1 saturated carbocycles. The predicted molar refractivity (Wildman–Crippen MR) is 120 cm³/mol. The van der Waals surface area contributed by atoms with E-state index in [2.05, 4.69) is 26.9 Å². The number of fused-ring (bicyclic) bond motifs is 4. The fourth-order valence-corrected chi connectivity index (χ4v) is 5.82. The number of nitrogens with zero attached hydrogens (tertiary/aromatic N) is 1. The zero-order valence-electron chi connectivity index (χ0n) is 17.9. The number of piperidine rings is 1. The smallest absolute Gasteiger partial charge is 0.319 e. The lowest BCUT2D eigenvalue weighted by molar-refractivity contribution is -0.120. The number of benzene rings is 1. The van der Waals surface area contributed by atoms with Gasteiger partial charge in [0.05, 0.1) is 22.8 Å². The second-order valence-electron chi connectivity index (χ2n) is 9.21. The highest BCUT2D eigenvalue weighted by molar-refractivity contribution is 6.35. The maximum atomic E-state index is 12.4. The van der Waals surface area contributed by atoms with E-state index in [1.165, 1.54) is 6.42 Å². The van der Waals surface area contributed by atoms with Crippen molar-refractivity contribution in [3.63, 3.8) is 0 Å². The summed E-state index contributed by atoms with van der Waals surface area (Å²) < 4.78 is 6.42. The van der Waals surface area contributed by atoms with Gasteiger partial charge < -0.3 is 20.4 Å². The molecule has 0 unspecified atom stereocenters. The Labute approximate surface area is 186 Å². The Morgan fingerprint density at radius 1 is 1.26 bits per heavy atom. The number of likely N-dealkylation sites (tertiary alicyclic amines) is 1. The first-order chi connectivity index (χ1) is 14.9. The van der Waals surface area contributed by atoms with Crippen molar-refractivity contribution in [2.45, 2.75) is 70.0 Å². The molecule has 31 heavy (non-hydrogen) atoms. The highest BCUT2D eigenvalue weighted by Crippen LogP contribution is 2.49. The molecule has 1 saturated heterocycles. The number of anilines is 1. The Morgan fingerprint density at radius 2 is 2.00 bits per heavy atom. The lowest BCUT2D eigenvalue weighted by atomic mass is 9.74. The van der Waals surface area contributed by atoms with Crippen molar-refractivity contribution in [2.75, 3.05) is 18.4 Å². The first kappa shape index (κ1) is 20.6. The maximum Gasteiger partial charge on any atom is 0.319 e. The van der Waals surface area contributed by atoms with Crippen LogP contribution in [-0.4, -0.2) is 36.0 Å². The van der Waals surface area contributed by atoms with E-state index in [0.717, 1.165) is 80.5 Å². The number of hydrogen-bond acceptors (Lipinski definition) is 4. The van der Waals surface area contributed by atoms with E-state index in [4.69, 9.17) is 16.0 Å². The van der Waals surface area contributed by atoms with Crippen LogP contribution in [0.2, 0.25) is 5.02 Å². The van der Waals surface area contributed by atoms with Crippen LogP contribution in [0.3, 0.4) is 0 Å². The topological polar surface area (TPSA) is 86.6 Å². The monoisotopic (exact) mass is 444 g/mol. The van der Waals surface area contributed by atoms with Gasteiger partial charge in [0.1, 0.15) is 11.3 Å². The maximum absolute atomic E-state index is 12.4. The Morgan fingerprint density at radius 3 is 2.71 bits per heavy atom. The van der Waals surface area contributed by atoms with E-state index in [9.17, 15) is 9.59 Å². The third-order valence-electron chi connectivity index (χ3n) is 6.96. The molecule has 1 spiro atoms. The Balaban J connectivity index is 1.44. The second kappa shape index (κ2) is 8.02. The number of carbonyl (C=O) groups is 2. The summed E-state index contributed by atoms with van der Waals surface area (Å²) in [6.07, 6.45) is 7.02. The molecular weight excluding hydrogens is 416 g/mol. The van der Waals surface area contributed by atoms with Crippen molar-refractivity contribution in [3.8, 4) is 0 Å². The summed E-state index contributed by atoms with van der Waals surface area (Å²) >= 11 is 6.62. The van der Waals surface area contributed by atoms with Crippen LogP contribution < -0.4 is 16.0 Å². The molecule has 1 aromatic heterocycles. The van der Waals surface area contributed by atoms with Gasteiger partial charge in [-0.05, 0) is 37.8 Å². The first-order valence-corrected chi connectivity index (χ1v) is 11.7. The Kier molecular flexibility index (Phi) is 5.34. The Bertz CT molecular complexity index is 1020. The minimum Gasteiger partial charge on any atom is -0.459 e. The zero-order valence-corrected chi connectivity index (χ0v) is 18.6. The molecular formula is C23H29ClN4O3. The third-order valence-corrected chi connectivity index (χ3v) is 7.26. The fraction of sp³-hybridized carbons (Fsp3) is 0.565. The van der Waals surface area contributed by atoms with Gasteiger partial charge in [0.15, 0.2) is 0 Å². The molecule has 2 aromatic rings. The number of furan rings is 1. The summed E-state index contributed by atoms with van der Waals surface area (Å²) in [5, 5.41) is 10.7. The number of urea groups is 1. The van der Waals surface area contributed by atoms with E-state index in [-0.39, 0.29) is 18.0 Å². The predicted octanol–water partition coefficient (Wildman–Crippen LogP) is 4.48. The molecule has 8 heteroatoms. The lowest BCUT2D eigenvalue weighted by Crippen LogP contribution is -2.52. The molecule has 0 atom stereocenters. The molecule has 5 rings (SSSR count). The van der Waals surface area contributed by atoms with E-state index >= 15 is 0 Å². The second-order valence-corrected chi connectivity index (χ2v) is 9.62. The van der Waals surface area contributed by atoms with Gasteiger partial charge in [-0.1, -0.05) is 30.9 Å². The summed E-state index contributed by atoms with van der Waals surface area (Å²) in [5.74, 6) is 0.940. The molecule has 2 fully saturated rings. The number of hydrogen-bond donors (Lipinski definition) is 3. The van der Waals surface area contributed by atoms with Crippen LogP contribution >= 0.6 is 11.6 Å². The molecule has 3 aliphatic rings. The summed E-state index contributed by atoms with van der Waals surface area (Å²) in [6.45, 7) is 4.13. The van der Waals surface area contributed by atoms with Crippen LogP contribution in [0.4, 0.5) is 10.5 Å². The van der Waals surface area contributed by atoms with Crippen molar-refractivity contribution in [2.24, 2.45) is 0 Å². The van der Waals surface area contributed by atoms with Gasteiger partial charge in [-0.2, -0.15) is 0 Å². The largest absolute Gasteiger partial charge is 0.459 e. The standard InChI is InChI=1S/C23H29ClN4O3/c1-14(29)25-16-5-9-28(10-6-16)13-17-11-15-12-18(24)20-19(21(15)31-17)23(27-22(30)26-20)7-3-2-4-8-23/h11-12,16H,2-10,13H2,1H3,(H,25,29)(H2,26,27,30). The van der Waals surface area contributed by atoms with Gasteiger partial charge in [-0.3, -0.25) is 9.69 Å². The molecule has 3 N–H and O–H groups in total. The van der Waals surface area contributed by atoms with Gasteiger partial charge in [-0.15, -0.1) is 0 Å².